The van der Waals surface area contributed by atoms with E-state index in [1.54, 1.807) is 27.9 Å². The number of ether oxygens (including phenoxy) is 2. The minimum Gasteiger partial charge on any atom is -0.497 e. The summed E-state index contributed by atoms with van der Waals surface area (Å²) < 4.78 is 10.6. The molecule has 2 rings (SSSR count). The highest BCUT2D eigenvalue weighted by Gasteiger charge is 2.38. The van der Waals surface area contributed by atoms with Crippen molar-refractivity contribution >= 4 is 12.1 Å². The molecule has 24 heavy (non-hydrogen) atoms. The van der Waals surface area contributed by atoms with Gasteiger partial charge in [-0.05, 0) is 44.9 Å². The van der Waals surface area contributed by atoms with Gasteiger partial charge >= 0.3 is 12.1 Å². The van der Waals surface area contributed by atoms with Gasteiger partial charge in [-0.15, -0.1) is 0 Å². The van der Waals surface area contributed by atoms with Gasteiger partial charge in [0.15, 0.2) is 0 Å². The second kappa shape index (κ2) is 7.11. The molecule has 6 nitrogen and oxygen atoms in total. The predicted octanol–water partition coefficient (Wildman–Crippen LogP) is 3.12. The highest BCUT2D eigenvalue weighted by molar-refractivity contribution is 5.74. The van der Waals surface area contributed by atoms with Crippen LogP contribution in [0, 0.1) is 5.92 Å². The Kier molecular flexibility index (Phi) is 5.36. The first-order chi connectivity index (χ1) is 11.2. The minimum absolute atomic E-state index is 0.145. The summed E-state index contributed by atoms with van der Waals surface area (Å²) in [6.45, 7) is 6.00. The van der Waals surface area contributed by atoms with E-state index in [0.717, 1.165) is 5.56 Å². The van der Waals surface area contributed by atoms with E-state index in [2.05, 4.69) is 0 Å². The normalized spacial score (nSPS) is 21.2. The molecule has 0 radical (unpaired) electrons. The van der Waals surface area contributed by atoms with Crippen LogP contribution in [0.2, 0.25) is 0 Å². The summed E-state index contributed by atoms with van der Waals surface area (Å²) in [6, 6.07) is 7.46. The topological polar surface area (TPSA) is 76.1 Å². The molecule has 0 saturated carbocycles. The summed E-state index contributed by atoms with van der Waals surface area (Å²) in [5.74, 6) is -1.03. The highest BCUT2D eigenvalue weighted by atomic mass is 16.6. The van der Waals surface area contributed by atoms with Crippen molar-refractivity contribution in [1.82, 2.24) is 4.90 Å². The molecule has 1 saturated heterocycles. The molecule has 0 unspecified atom stereocenters. The molecule has 1 fully saturated rings. The van der Waals surface area contributed by atoms with Crippen LogP contribution in [0.3, 0.4) is 0 Å². The second-order valence-electron chi connectivity index (χ2n) is 7.04. The van der Waals surface area contributed by atoms with E-state index in [4.69, 9.17) is 9.47 Å². The number of carboxylic acid groups (broad SMARTS) is 1. The molecule has 1 aliphatic rings. The van der Waals surface area contributed by atoms with Gasteiger partial charge in [0.1, 0.15) is 11.4 Å². The first kappa shape index (κ1) is 18.1. The molecule has 0 spiro atoms. The predicted molar refractivity (Wildman–Crippen MR) is 89.3 cm³/mol. The van der Waals surface area contributed by atoms with E-state index in [1.165, 1.54) is 4.90 Å². The average Bonchev–Trinajstić information content (AvgIpc) is 2.52. The van der Waals surface area contributed by atoms with Crippen molar-refractivity contribution in [2.75, 3.05) is 20.2 Å². The summed E-state index contributed by atoms with van der Waals surface area (Å²) >= 11 is 0. The molecule has 0 bridgehead atoms. The number of benzene rings is 1. The SMILES string of the molecule is COc1cccc([C@@H]2CCN(C(=O)OC(C)(C)C)C[C@@H]2C(=O)O)c1. The van der Waals surface area contributed by atoms with E-state index >= 15 is 0 Å². The lowest BCUT2D eigenvalue weighted by Gasteiger charge is -2.37. The average molecular weight is 335 g/mol. The van der Waals surface area contributed by atoms with Gasteiger partial charge in [0, 0.05) is 19.0 Å². The van der Waals surface area contributed by atoms with Gasteiger partial charge in [0.05, 0.1) is 13.0 Å². The lowest BCUT2D eigenvalue weighted by Crippen LogP contribution is -2.47. The molecule has 1 N–H and O–H groups in total. The molecule has 1 aromatic rings. The number of aliphatic carboxylic acids is 1. The van der Waals surface area contributed by atoms with Crippen LogP contribution in [-0.2, 0) is 9.53 Å². The van der Waals surface area contributed by atoms with Crippen molar-refractivity contribution in [1.29, 1.82) is 0 Å². The lowest BCUT2D eigenvalue weighted by molar-refractivity contribution is -0.144. The monoisotopic (exact) mass is 335 g/mol. The molecular weight excluding hydrogens is 310 g/mol. The summed E-state index contributed by atoms with van der Waals surface area (Å²) in [6.07, 6.45) is 0.112. The fourth-order valence-electron chi connectivity index (χ4n) is 2.97. The van der Waals surface area contributed by atoms with Crippen molar-refractivity contribution in [3.05, 3.63) is 29.8 Å². The van der Waals surface area contributed by atoms with Crippen LogP contribution in [0.15, 0.2) is 24.3 Å². The molecule has 1 aliphatic heterocycles. The molecule has 0 aliphatic carbocycles. The van der Waals surface area contributed by atoms with Gasteiger partial charge in [0.2, 0.25) is 0 Å². The number of hydrogen-bond acceptors (Lipinski definition) is 4. The molecule has 1 aromatic carbocycles. The van der Waals surface area contributed by atoms with Crippen LogP contribution < -0.4 is 4.74 Å². The fourth-order valence-corrected chi connectivity index (χ4v) is 2.97. The maximum Gasteiger partial charge on any atom is 0.410 e. The van der Waals surface area contributed by atoms with Crippen LogP contribution in [0.25, 0.3) is 0 Å². The number of carbonyl (C=O) groups is 2. The maximum atomic E-state index is 12.2. The lowest BCUT2D eigenvalue weighted by atomic mass is 9.80. The van der Waals surface area contributed by atoms with Crippen LogP contribution in [-0.4, -0.2) is 47.9 Å². The van der Waals surface area contributed by atoms with Gasteiger partial charge in [-0.2, -0.15) is 0 Å². The standard InChI is InChI=1S/C18H25NO5/c1-18(2,3)24-17(22)19-9-8-14(15(11-19)16(20)21)12-6-5-7-13(10-12)23-4/h5-7,10,14-15H,8-9,11H2,1-4H3,(H,20,21)/t14-,15-/m0/s1. The number of piperidine rings is 1. The number of methoxy groups -OCH3 is 1. The van der Waals surface area contributed by atoms with Crippen molar-refractivity contribution in [3.63, 3.8) is 0 Å². The van der Waals surface area contributed by atoms with Crippen LogP contribution in [0.5, 0.6) is 5.75 Å². The van der Waals surface area contributed by atoms with E-state index in [-0.39, 0.29) is 12.5 Å². The van der Waals surface area contributed by atoms with Crippen molar-refractivity contribution in [2.45, 2.75) is 38.7 Å². The third-order valence-corrected chi connectivity index (χ3v) is 4.10. The largest absolute Gasteiger partial charge is 0.497 e. The molecule has 1 amide bonds. The Morgan fingerprint density at radius 1 is 1.29 bits per heavy atom. The zero-order valence-corrected chi connectivity index (χ0v) is 14.6. The third kappa shape index (κ3) is 4.40. The van der Waals surface area contributed by atoms with Crippen molar-refractivity contribution in [3.8, 4) is 5.75 Å². The Hall–Kier alpha value is -2.24. The van der Waals surface area contributed by atoms with Crippen LogP contribution in [0.4, 0.5) is 4.79 Å². The van der Waals surface area contributed by atoms with E-state index in [9.17, 15) is 14.7 Å². The zero-order valence-electron chi connectivity index (χ0n) is 14.6. The number of carboxylic acids is 1. The van der Waals surface area contributed by atoms with Crippen molar-refractivity contribution < 1.29 is 24.2 Å². The van der Waals surface area contributed by atoms with E-state index in [1.807, 2.05) is 24.3 Å². The van der Waals surface area contributed by atoms with Gasteiger partial charge in [-0.3, -0.25) is 4.79 Å². The molecular formula is C18H25NO5. The molecule has 6 heteroatoms. The Bertz CT molecular complexity index is 608. The van der Waals surface area contributed by atoms with Gasteiger partial charge in [0.25, 0.3) is 0 Å². The Morgan fingerprint density at radius 2 is 2.00 bits per heavy atom. The van der Waals surface area contributed by atoms with Crippen LogP contribution in [0.1, 0.15) is 38.7 Å². The maximum absolute atomic E-state index is 12.2. The van der Waals surface area contributed by atoms with E-state index in [0.29, 0.717) is 18.7 Å². The Morgan fingerprint density at radius 3 is 2.58 bits per heavy atom. The summed E-state index contributed by atoms with van der Waals surface area (Å²) in [7, 11) is 1.58. The number of carbonyl (C=O) groups excluding carboxylic acids is 1. The van der Waals surface area contributed by atoms with Gasteiger partial charge in [-0.1, -0.05) is 12.1 Å². The van der Waals surface area contributed by atoms with Crippen molar-refractivity contribution in [2.24, 2.45) is 5.92 Å². The Balaban J connectivity index is 2.16. The molecule has 0 aromatic heterocycles. The second-order valence-corrected chi connectivity index (χ2v) is 7.04. The summed E-state index contributed by atoms with van der Waals surface area (Å²) in [5, 5.41) is 9.62. The molecule has 132 valence electrons. The minimum atomic E-state index is -0.906. The fraction of sp³-hybridized carbons (Fsp3) is 0.556. The third-order valence-electron chi connectivity index (χ3n) is 4.10. The number of nitrogens with zero attached hydrogens (tertiary/aromatic N) is 1. The Labute approximate surface area is 142 Å². The van der Waals surface area contributed by atoms with Crippen LogP contribution >= 0.6 is 0 Å². The number of rotatable bonds is 3. The quantitative estimate of drug-likeness (QED) is 0.918. The summed E-state index contributed by atoms with van der Waals surface area (Å²) in [4.78, 5) is 25.4. The highest BCUT2D eigenvalue weighted by Crippen LogP contribution is 2.35. The smallest absolute Gasteiger partial charge is 0.410 e. The van der Waals surface area contributed by atoms with E-state index < -0.39 is 23.6 Å². The number of likely N-dealkylation sites (tertiary alicyclic amines) is 1. The number of hydrogen-bond donors (Lipinski definition) is 1. The summed E-state index contributed by atoms with van der Waals surface area (Å²) in [5.41, 5.74) is 0.324. The molecule has 2 atom stereocenters. The zero-order chi connectivity index (χ0) is 17.9. The first-order valence-electron chi connectivity index (χ1n) is 8.06. The van der Waals surface area contributed by atoms with Gasteiger partial charge < -0.3 is 19.5 Å². The number of amides is 1. The first-order valence-corrected chi connectivity index (χ1v) is 8.06. The molecule has 1 heterocycles. The van der Waals surface area contributed by atoms with Gasteiger partial charge in [-0.25, -0.2) is 4.79 Å².